The first-order valence-electron chi connectivity index (χ1n) is 11.1. The molecular weight excluding hydrogens is 420 g/mol. The maximum absolute atomic E-state index is 12.2. The number of rotatable bonds is 5. The number of hydrogen-bond donors (Lipinski definition) is 0. The third-order valence-electron chi connectivity index (χ3n) is 5.22. The summed E-state index contributed by atoms with van der Waals surface area (Å²) < 4.78 is 10.9. The van der Waals surface area contributed by atoms with Crippen molar-refractivity contribution in [2.45, 2.75) is 78.4 Å². The maximum Gasteiger partial charge on any atom is 0.410 e. The van der Waals surface area contributed by atoms with Gasteiger partial charge in [-0.3, -0.25) is 0 Å². The van der Waals surface area contributed by atoms with Gasteiger partial charge in [0, 0.05) is 37.7 Å². The van der Waals surface area contributed by atoms with E-state index >= 15 is 0 Å². The van der Waals surface area contributed by atoms with E-state index < -0.39 is 11.2 Å². The molecule has 174 valence electrons. The Morgan fingerprint density at radius 2 is 1.00 bits per heavy atom. The minimum absolute atomic E-state index is 0.180. The minimum Gasteiger partial charge on any atom is -0.444 e. The van der Waals surface area contributed by atoms with Gasteiger partial charge < -0.3 is 19.3 Å². The molecule has 2 aliphatic rings. The van der Waals surface area contributed by atoms with Crippen molar-refractivity contribution in [1.29, 1.82) is 0 Å². The Morgan fingerprint density at radius 3 is 1.27 bits per heavy atom. The molecule has 0 atom stereocenters. The van der Waals surface area contributed by atoms with Gasteiger partial charge in [0.1, 0.15) is 11.2 Å². The highest BCUT2D eigenvalue weighted by atomic mass is 33.1. The van der Waals surface area contributed by atoms with Crippen LogP contribution in [0.5, 0.6) is 0 Å². The van der Waals surface area contributed by atoms with Crippen molar-refractivity contribution < 1.29 is 19.1 Å². The van der Waals surface area contributed by atoms with Crippen molar-refractivity contribution in [3.8, 4) is 0 Å². The molecule has 2 amide bonds. The first-order valence-corrected chi connectivity index (χ1v) is 13.6. The van der Waals surface area contributed by atoms with Crippen LogP contribution in [0.2, 0.25) is 0 Å². The summed E-state index contributed by atoms with van der Waals surface area (Å²) in [6, 6.07) is 0. The molecule has 2 rings (SSSR count). The van der Waals surface area contributed by atoms with Crippen LogP contribution in [0.1, 0.15) is 67.2 Å². The molecule has 0 N–H and O–H groups in total. The zero-order valence-corrected chi connectivity index (χ0v) is 21.2. The first kappa shape index (κ1) is 25.5. The van der Waals surface area contributed by atoms with Crippen molar-refractivity contribution in [2.75, 3.05) is 37.7 Å². The Hall–Kier alpha value is -0.760. The Kier molecular flexibility index (Phi) is 9.53. The van der Waals surface area contributed by atoms with E-state index in [1.165, 1.54) is 0 Å². The fraction of sp³-hybridized carbons (Fsp3) is 0.909. The minimum atomic E-state index is -0.427. The molecule has 2 fully saturated rings. The number of likely N-dealkylation sites (tertiary alicyclic amines) is 2. The fourth-order valence-electron chi connectivity index (χ4n) is 3.51. The van der Waals surface area contributed by atoms with Crippen LogP contribution in [0.15, 0.2) is 0 Å². The number of amides is 2. The molecule has 30 heavy (non-hydrogen) atoms. The number of nitrogens with zero attached hydrogens (tertiary/aromatic N) is 2. The van der Waals surface area contributed by atoms with Gasteiger partial charge in [-0.2, -0.15) is 0 Å². The van der Waals surface area contributed by atoms with Crippen molar-refractivity contribution in [2.24, 2.45) is 11.8 Å². The van der Waals surface area contributed by atoms with E-state index in [1.807, 2.05) is 72.9 Å². The van der Waals surface area contributed by atoms with E-state index in [1.54, 1.807) is 0 Å². The summed E-state index contributed by atoms with van der Waals surface area (Å²) in [7, 11) is 3.93. The lowest BCUT2D eigenvalue weighted by Crippen LogP contribution is -2.42. The lowest BCUT2D eigenvalue weighted by Gasteiger charge is -2.34. The Labute approximate surface area is 190 Å². The SMILES string of the molecule is CC(C)(C)OC(=O)N1CCC(CSSCC2CCN(C(=O)OC(C)(C)C)CC2)CC1. The van der Waals surface area contributed by atoms with Crippen LogP contribution in [0.25, 0.3) is 0 Å². The average Bonchev–Trinajstić information content (AvgIpc) is 2.63. The summed E-state index contributed by atoms with van der Waals surface area (Å²) in [5, 5.41) is 0. The van der Waals surface area contributed by atoms with Crippen LogP contribution in [-0.2, 0) is 9.47 Å². The van der Waals surface area contributed by atoms with Gasteiger partial charge in [0.05, 0.1) is 0 Å². The van der Waals surface area contributed by atoms with Gasteiger partial charge in [-0.25, -0.2) is 9.59 Å². The molecule has 0 saturated carbocycles. The standard InChI is InChI=1S/C22H40N2O4S2/c1-21(2,3)27-19(25)23-11-7-17(8-12-23)15-29-30-16-18-9-13-24(14-10-18)20(26)28-22(4,5)6/h17-18H,7-16H2,1-6H3. The van der Waals surface area contributed by atoms with Crippen LogP contribution >= 0.6 is 21.6 Å². The Balaban J connectivity index is 1.55. The Bertz CT molecular complexity index is 508. The second kappa shape index (κ2) is 11.2. The van der Waals surface area contributed by atoms with Gasteiger partial charge in [-0.15, -0.1) is 0 Å². The number of carbonyl (C=O) groups is 2. The zero-order chi connectivity index (χ0) is 22.4. The second-order valence-electron chi connectivity index (χ2n) is 10.4. The van der Waals surface area contributed by atoms with Crippen LogP contribution in [0.4, 0.5) is 9.59 Å². The van der Waals surface area contributed by atoms with Gasteiger partial charge in [-0.1, -0.05) is 21.6 Å². The summed E-state index contributed by atoms with van der Waals surface area (Å²) in [5.41, 5.74) is -0.854. The molecule has 8 heteroatoms. The number of hydrogen-bond acceptors (Lipinski definition) is 6. The highest BCUT2D eigenvalue weighted by Crippen LogP contribution is 2.33. The van der Waals surface area contributed by atoms with Crippen molar-refractivity contribution in [3.63, 3.8) is 0 Å². The fourth-order valence-corrected chi connectivity index (χ4v) is 6.48. The quantitative estimate of drug-likeness (QED) is 0.390. The summed E-state index contributed by atoms with van der Waals surface area (Å²) in [6.45, 7) is 14.7. The zero-order valence-electron chi connectivity index (χ0n) is 19.6. The molecule has 2 heterocycles. The summed E-state index contributed by atoms with van der Waals surface area (Å²) in [6.07, 6.45) is 3.87. The predicted molar refractivity (Wildman–Crippen MR) is 126 cm³/mol. The number of piperidine rings is 2. The molecule has 0 unspecified atom stereocenters. The summed E-state index contributed by atoms with van der Waals surface area (Å²) >= 11 is 0. The van der Waals surface area contributed by atoms with Crippen LogP contribution in [-0.4, -0.2) is 70.9 Å². The molecule has 2 aliphatic heterocycles. The largest absolute Gasteiger partial charge is 0.444 e. The average molecular weight is 461 g/mol. The number of ether oxygens (including phenoxy) is 2. The van der Waals surface area contributed by atoms with Gasteiger partial charge in [0.25, 0.3) is 0 Å². The molecular formula is C22H40N2O4S2. The molecule has 6 nitrogen and oxygen atoms in total. The van der Waals surface area contributed by atoms with Gasteiger partial charge in [0.2, 0.25) is 0 Å². The second-order valence-corrected chi connectivity index (χ2v) is 12.9. The monoisotopic (exact) mass is 460 g/mol. The maximum atomic E-state index is 12.2. The van der Waals surface area contributed by atoms with Gasteiger partial charge >= 0.3 is 12.2 Å². The van der Waals surface area contributed by atoms with Crippen LogP contribution < -0.4 is 0 Å². The van der Waals surface area contributed by atoms with E-state index in [2.05, 4.69) is 0 Å². The Morgan fingerprint density at radius 1 is 0.700 bits per heavy atom. The third kappa shape index (κ3) is 9.58. The van der Waals surface area contributed by atoms with Gasteiger partial charge in [0.15, 0.2) is 0 Å². The highest BCUT2D eigenvalue weighted by molar-refractivity contribution is 8.76. The smallest absolute Gasteiger partial charge is 0.410 e. The molecule has 0 aromatic heterocycles. The van der Waals surface area contributed by atoms with Crippen molar-refractivity contribution >= 4 is 33.8 Å². The van der Waals surface area contributed by atoms with E-state index in [0.717, 1.165) is 63.4 Å². The molecule has 0 spiro atoms. The first-order chi connectivity index (χ1) is 13.9. The van der Waals surface area contributed by atoms with E-state index in [-0.39, 0.29) is 12.2 Å². The normalized spacial score (nSPS) is 19.7. The molecule has 0 aliphatic carbocycles. The lowest BCUT2D eigenvalue weighted by molar-refractivity contribution is 0.0180. The van der Waals surface area contributed by atoms with Crippen LogP contribution in [0.3, 0.4) is 0 Å². The predicted octanol–water partition coefficient (Wildman–Crippen LogP) is 5.66. The van der Waals surface area contributed by atoms with Gasteiger partial charge in [-0.05, 0) is 79.1 Å². The molecule has 0 aromatic carbocycles. The van der Waals surface area contributed by atoms with E-state index in [9.17, 15) is 9.59 Å². The van der Waals surface area contributed by atoms with Crippen molar-refractivity contribution in [1.82, 2.24) is 9.80 Å². The lowest BCUT2D eigenvalue weighted by atomic mass is 9.99. The van der Waals surface area contributed by atoms with E-state index in [0.29, 0.717) is 11.8 Å². The van der Waals surface area contributed by atoms with Crippen LogP contribution in [0, 0.1) is 11.8 Å². The van der Waals surface area contributed by atoms with Crippen molar-refractivity contribution in [3.05, 3.63) is 0 Å². The third-order valence-corrected chi connectivity index (χ3v) is 7.92. The molecule has 0 aromatic rings. The number of carbonyl (C=O) groups excluding carboxylic acids is 2. The molecule has 0 radical (unpaired) electrons. The summed E-state index contributed by atoms with van der Waals surface area (Å²) in [5.74, 6) is 3.64. The summed E-state index contributed by atoms with van der Waals surface area (Å²) in [4.78, 5) is 28.0. The van der Waals surface area contributed by atoms with E-state index in [4.69, 9.17) is 9.47 Å². The highest BCUT2D eigenvalue weighted by Gasteiger charge is 2.28. The topological polar surface area (TPSA) is 59.1 Å². The molecule has 0 bridgehead atoms. The molecule has 2 saturated heterocycles.